The summed E-state index contributed by atoms with van der Waals surface area (Å²) in [6.45, 7) is 3.71. The lowest BCUT2D eigenvalue weighted by Gasteiger charge is -2.26. The number of esters is 1. The molecule has 1 aliphatic rings. The topological polar surface area (TPSA) is 63.6 Å². The molecule has 26 heavy (non-hydrogen) atoms. The van der Waals surface area contributed by atoms with E-state index < -0.39 is 17.8 Å². The van der Waals surface area contributed by atoms with Gasteiger partial charge in [0, 0.05) is 16.9 Å². The number of allylic oxidation sites excluding steroid dienone is 1. The molecule has 0 radical (unpaired) electrons. The van der Waals surface area contributed by atoms with Gasteiger partial charge < -0.3 is 10.1 Å². The first kappa shape index (κ1) is 18.1. The molecule has 7 heteroatoms. The number of ether oxygens (including phenoxy) is 1. The lowest BCUT2D eigenvalue weighted by molar-refractivity contribution is -0.138. The van der Waals surface area contributed by atoms with Crippen LogP contribution in [0.1, 0.15) is 31.1 Å². The number of nitrogens with one attached hydrogen (secondary N) is 1. The van der Waals surface area contributed by atoms with Crippen molar-refractivity contribution in [1.82, 2.24) is 10.3 Å². The van der Waals surface area contributed by atoms with E-state index in [2.05, 4.69) is 15.3 Å². The Balaban J connectivity index is 2.10. The monoisotopic (exact) mass is 373 g/mol. The number of aliphatic imine (C=N–C) groups is 1. The number of pyridine rings is 1. The minimum Gasteiger partial charge on any atom is -0.463 e. The van der Waals surface area contributed by atoms with Crippen molar-refractivity contribution in [3.8, 4) is 0 Å². The number of hydrogen-bond donors (Lipinski definition) is 1. The Hall–Kier alpha value is -2.73. The van der Waals surface area contributed by atoms with Gasteiger partial charge in [0.2, 0.25) is 0 Å². The first-order valence-electron chi connectivity index (χ1n) is 8.10. The van der Waals surface area contributed by atoms with Gasteiger partial charge in [0.05, 0.1) is 12.2 Å². The van der Waals surface area contributed by atoms with Crippen LogP contribution in [0.15, 0.2) is 58.9 Å². The molecule has 0 saturated carbocycles. The van der Waals surface area contributed by atoms with E-state index in [0.717, 1.165) is 5.56 Å². The summed E-state index contributed by atoms with van der Waals surface area (Å²) in [5.74, 6) is -0.712. The van der Waals surface area contributed by atoms with Crippen molar-refractivity contribution in [2.24, 2.45) is 4.99 Å². The minimum atomic E-state index is -0.649. The van der Waals surface area contributed by atoms with Gasteiger partial charge in [0.15, 0.2) is 11.7 Å². The third kappa shape index (κ3) is 3.60. The minimum absolute atomic E-state index is 0.0914. The average molecular weight is 374 g/mol. The molecule has 1 aromatic carbocycles. The number of carbonyl (C=O) groups excluding carboxylic acids is 1. The highest BCUT2D eigenvalue weighted by molar-refractivity contribution is 6.30. The zero-order valence-corrected chi connectivity index (χ0v) is 15.0. The predicted octanol–water partition coefficient (Wildman–Crippen LogP) is 3.80. The Kier molecular flexibility index (Phi) is 5.32. The number of amidine groups is 1. The van der Waals surface area contributed by atoms with Gasteiger partial charge in [0.1, 0.15) is 11.7 Å². The maximum absolute atomic E-state index is 14.2. The summed E-state index contributed by atoms with van der Waals surface area (Å²) in [6.07, 6.45) is 1.49. The van der Waals surface area contributed by atoms with Crippen LogP contribution in [0.4, 0.5) is 4.39 Å². The molecule has 1 atom stereocenters. The number of nitrogens with zero attached hydrogens (tertiary/aromatic N) is 2. The molecular weight excluding hydrogens is 357 g/mol. The van der Waals surface area contributed by atoms with Crippen LogP contribution in [0.5, 0.6) is 0 Å². The summed E-state index contributed by atoms with van der Waals surface area (Å²) >= 11 is 5.96. The van der Waals surface area contributed by atoms with E-state index in [4.69, 9.17) is 16.3 Å². The summed E-state index contributed by atoms with van der Waals surface area (Å²) < 4.78 is 19.3. The summed E-state index contributed by atoms with van der Waals surface area (Å²) in [6, 6.07) is 9.15. The van der Waals surface area contributed by atoms with Gasteiger partial charge >= 0.3 is 5.97 Å². The van der Waals surface area contributed by atoms with Crippen molar-refractivity contribution >= 4 is 23.4 Å². The van der Waals surface area contributed by atoms with Crippen LogP contribution in [-0.2, 0) is 9.53 Å². The van der Waals surface area contributed by atoms with Gasteiger partial charge in [-0.25, -0.2) is 14.2 Å². The Morgan fingerprint density at radius 3 is 2.69 bits per heavy atom. The average Bonchev–Trinajstić information content (AvgIpc) is 2.62. The second kappa shape index (κ2) is 7.66. The summed E-state index contributed by atoms with van der Waals surface area (Å²) in [7, 11) is 0. The second-order valence-electron chi connectivity index (χ2n) is 5.65. The summed E-state index contributed by atoms with van der Waals surface area (Å²) in [4.78, 5) is 21.1. The molecule has 2 heterocycles. The molecule has 1 N–H and O–H groups in total. The molecule has 134 valence electrons. The van der Waals surface area contributed by atoms with Crippen molar-refractivity contribution in [1.29, 1.82) is 0 Å². The van der Waals surface area contributed by atoms with E-state index in [9.17, 15) is 9.18 Å². The Labute approximate surface area is 155 Å². The quantitative estimate of drug-likeness (QED) is 0.828. The van der Waals surface area contributed by atoms with E-state index >= 15 is 0 Å². The van der Waals surface area contributed by atoms with E-state index in [1.807, 2.05) is 0 Å². The number of benzene rings is 1. The zero-order chi connectivity index (χ0) is 18.7. The fourth-order valence-electron chi connectivity index (χ4n) is 2.72. The van der Waals surface area contributed by atoms with Crippen LogP contribution >= 0.6 is 11.6 Å². The van der Waals surface area contributed by atoms with Gasteiger partial charge in [-0.1, -0.05) is 23.7 Å². The van der Waals surface area contributed by atoms with Crippen molar-refractivity contribution in [2.45, 2.75) is 19.9 Å². The zero-order valence-electron chi connectivity index (χ0n) is 14.3. The van der Waals surface area contributed by atoms with Crippen LogP contribution in [0.2, 0.25) is 5.02 Å². The third-order valence-electron chi connectivity index (χ3n) is 3.91. The molecule has 0 aliphatic carbocycles. The maximum Gasteiger partial charge on any atom is 0.338 e. The number of carbonyl (C=O) groups is 1. The van der Waals surface area contributed by atoms with Crippen molar-refractivity contribution < 1.29 is 13.9 Å². The fourth-order valence-corrected chi connectivity index (χ4v) is 2.84. The predicted molar refractivity (Wildman–Crippen MR) is 97.4 cm³/mol. The van der Waals surface area contributed by atoms with E-state index in [1.165, 1.54) is 18.3 Å². The number of aromatic nitrogens is 1. The first-order chi connectivity index (χ1) is 12.5. The molecule has 0 spiro atoms. The number of halogens is 2. The van der Waals surface area contributed by atoms with Crippen LogP contribution in [0.25, 0.3) is 0 Å². The first-order valence-corrected chi connectivity index (χ1v) is 8.48. The van der Waals surface area contributed by atoms with Crippen molar-refractivity contribution in [2.75, 3.05) is 6.61 Å². The van der Waals surface area contributed by atoms with Crippen molar-refractivity contribution in [3.05, 3.63) is 76.0 Å². The van der Waals surface area contributed by atoms with Gasteiger partial charge in [-0.2, -0.15) is 0 Å². The Morgan fingerprint density at radius 2 is 2.04 bits per heavy atom. The van der Waals surface area contributed by atoms with Gasteiger partial charge in [-0.3, -0.25) is 4.99 Å². The normalized spacial score (nSPS) is 16.8. The van der Waals surface area contributed by atoms with Crippen LogP contribution in [0, 0.1) is 5.82 Å². The molecule has 5 nitrogen and oxygen atoms in total. The highest BCUT2D eigenvalue weighted by Crippen LogP contribution is 2.33. The molecule has 1 unspecified atom stereocenters. The number of hydrogen-bond acceptors (Lipinski definition) is 5. The molecule has 0 fully saturated rings. The highest BCUT2D eigenvalue weighted by Gasteiger charge is 2.31. The molecule has 3 rings (SSSR count). The Morgan fingerprint density at radius 1 is 1.31 bits per heavy atom. The van der Waals surface area contributed by atoms with Crippen LogP contribution in [0.3, 0.4) is 0 Å². The van der Waals surface area contributed by atoms with Crippen LogP contribution in [-0.4, -0.2) is 23.4 Å². The molecular formula is C19H17ClFN3O2. The largest absolute Gasteiger partial charge is 0.463 e. The van der Waals surface area contributed by atoms with Crippen molar-refractivity contribution in [3.63, 3.8) is 0 Å². The molecule has 0 amide bonds. The summed E-state index contributed by atoms with van der Waals surface area (Å²) in [5.41, 5.74) is 1.74. The molecule has 1 aromatic heterocycles. The SMILES string of the molecule is CCOC(=O)C1=C(C)NC(c2ncccc2F)=NC1c1ccc(Cl)cc1. The summed E-state index contributed by atoms with van der Waals surface area (Å²) in [5, 5.41) is 3.54. The standard InChI is InChI=1S/C19H17ClFN3O2/c1-3-26-19(25)15-11(2)23-18(17-14(21)5-4-10-22-17)24-16(15)12-6-8-13(20)9-7-12/h4-10,16H,3H2,1-2H3,(H,23,24). The van der Waals surface area contributed by atoms with E-state index in [0.29, 0.717) is 16.3 Å². The van der Waals surface area contributed by atoms with Gasteiger partial charge in [-0.05, 0) is 43.7 Å². The molecule has 0 saturated heterocycles. The number of rotatable bonds is 4. The molecule has 0 bridgehead atoms. The lowest BCUT2D eigenvalue weighted by atomic mass is 9.96. The highest BCUT2D eigenvalue weighted by atomic mass is 35.5. The maximum atomic E-state index is 14.2. The molecule has 1 aliphatic heterocycles. The lowest BCUT2D eigenvalue weighted by Crippen LogP contribution is -2.33. The van der Waals surface area contributed by atoms with Crippen LogP contribution < -0.4 is 5.32 Å². The third-order valence-corrected chi connectivity index (χ3v) is 4.16. The van der Waals surface area contributed by atoms with E-state index in [-0.39, 0.29) is 18.1 Å². The molecule has 2 aromatic rings. The fraction of sp³-hybridized carbons (Fsp3) is 0.211. The smallest absolute Gasteiger partial charge is 0.338 e. The van der Waals surface area contributed by atoms with Gasteiger partial charge in [0.25, 0.3) is 0 Å². The Bertz CT molecular complexity index is 894. The van der Waals surface area contributed by atoms with Gasteiger partial charge in [-0.15, -0.1) is 0 Å². The van der Waals surface area contributed by atoms with E-state index in [1.54, 1.807) is 38.1 Å². The second-order valence-corrected chi connectivity index (χ2v) is 6.09.